The number of thioether (sulfide) groups is 1. The molecule has 1 N–H and O–H groups in total. The molecule has 0 fully saturated rings. The Morgan fingerprint density at radius 1 is 1.35 bits per heavy atom. The maximum absolute atomic E-state index is 11.5. The number of nitrogens with one attached hydrogen (secondary N) is 1. The van der Waals surface area contributed by atoms with E-state index in [4.69, 9.17) is 0 Å². The number of rotatable bonds is 5. The lowest BCUT2D eigenvalue weighted by Gasteiger charge is -2.03. The van der Waals surface area contributed by atoms with Gasteiger partial charge in [0.1, 0.15) is 0 Å². The van der Waals surface area contributed by atoms with E-state index in [2.05, 4.69) is 14.7 Å². The van der Waals surface area contributed by atoms with E-state index in [1.54, 1.807) is 0 Å². The minimum absolute atomic E-state index is 0.000678. The van der Waals surface area contributed by atoms with E-state index < -0.39 is 5.97 Å². The Balaban J connectivity index is 2.08. The first-order valence-corrected chi connectivity index (χ1v) is 6.99. The van der Waals surface area contributed by atoms with Crippen molar-refractivity contribution in [1.29, 1.82) is 0 Å². The highest BCUT2D eigenvalue weighted by Crippen LogP contribution is 2.18. The number of aromatic amines is 1. The minimum atomic E-state index is -0.415. The predicted molar refractivity (Wildman–Crippen MR) is 76.6 cm³/mol. The van der Waals surface area contributed by atoms with Crippen LogP contribution in [0.15, 0.2) is 46.3 Å². The molecule has 0 unspecified atom stereocenters. The lowest BCUT2D eigenvalue weighted by Crippen LogP contribution is -2.13. The summed E-state index contributed by atoms with van der Waals surface area (Å²) in [5.74, 6) is 0.285. The van der Waals surface area contributed by atoms with Gasteiger partial charge in [-0.15, -0.1) is 0 Å². The molecule has 0 aliphatic rings. The van der Waals surface area contributed by atoms with Crippen LogP contribution in [0.25, 0.3) is 0 Å². The van der Waals surface area contributed by atoms with E-state index in [1.165, 1.54) is 24.9 Å². The third-order valence-corrected chi connectivity index (χ3v) is 3.49. The van der Waals surface area contributed by atoms with Crippen LogP contribution in [-0.4, -0.2) is 23.0 Å². The smallest absolute Gasteiger partial charge is 0.311 e. The largest absolute Gasteiger partial charge is 0.469 e. The second-order valence-corrected chi connectivity index (χ2v) is 5.03. The van der Waals surface area contributed by atoms with Crippen molar-refractivity contribution in [3.8, 4) is 0 Å². The molecule has 2 rings (SSSR count). The van der Waals surface area contributed by atoms with Crippen LogP contribution < -0.4 is 5.56 Å². The Hall–Kier alpha value is -2.08. The Labute approximate surface area is 120 Å². The number of hydrogen-bond acceptors (Lipinski definition) is 5. The molecule has 0 radical (unpaired) electrons. The molecule has 0 bridgehead atoms. The lowest BCUT2D eigenvalue weighted by atomic mass is 10.2. The van der Waals surface area contributed by atoms with E-state index in [9.17, 15) is 9.59 Å². The van der Waals surface area contributed by atoms with Crippen molar-refractivity contribution in [3.63, 3.8) is 0 Å². The van der Waals surface area contributed by atoms with Gasteiger partial charge in [0.2, 0.25) is 0 Å². The van der Waals surface area contributed by atoms with E-state index >= 15 is 0 Å². The zero-order valence-electron chi connectivity index (χ0n) is 11.0. The van der Waals surface area contributed by atoms with Gasteiger partial charge in [-0.2, -0.15) is 0 Å². The number of carbonyl (C=O) groups excluding carboxylic acids is 1. The molecule has 5 nitrogen and oxygen atoms in total. The lowest BCUT2D eigenvalue weighted by molar-refractivity contribution is -0.139. The molecule has 0 saturated carbocycles. The van der Waals surface area contributed by atoms with Crippen molar-refractivity contribution in [2.75, 3.05) is 7.11 Å². The molecule has 2 aromatic rings. The fraction of sp³-hybridized carbons (Fsp3) is 0.214. The number of esters is 1. The van der Waals surface area contributed by atoms with Gasteiger partial charge < -0.3 is 9.72 Å². The molecule has 20 heavy (non-hydrogen) atoms. The molecule has 0 aliphatic heterocycles. The van der Waals surface area contributed by atoms with E-state index in [-0.39, 0.29) is 12.0 Å². The number of nitrogens with zero attached hydrogens (tertiary/aromatic N) is 1. The van der Waals surface area contributed by atoms with Crippen LogP contribution in [0.1, 0.15) is 11.3 Å². The Kier molecular flexibility index (Phi) is 4.95. The van der Waals surface area contributed by atoms with Crippen LogP contribution >= 0.6 is 11.8 Å². The molecule has 1 aromatic carbocycles. The van der Waals surface area contributed by atoms with Crippen molar-refractivity contribution < 1.29 is 9.53 Å². The van der Waals surface area contributed by atoms with Gasteiger partial charge in [0.25, 0.3) is 5.56 Å². The monoisotopic (exact) mass is 290 g/mol. The quantitative estimate of drug-likeness (QED) is 0.516. The molecular formula is C14H14N2O3S. The topological polar surface area (TPSA) is 72.1 Å². The molecule has 1 heterocycles. The van der Waals surface area contributed by atoms with Gasteiger partial charge in [-0.05, 0) is 5.56 Å². The highest BCUT2D eigenvalue weighted by Gasteiger charge is 2.07. The van der Waals surface area contributed by atoms with Gasteiger partial charge in [0, 0.05) is 11.8 Å². The van der Waals surface area contributed by atoms with Crippen LogP contribution in [0.2, 0.25) is 0 Å². The summed E-state index contributed by atoms with van der Waals surface area (Å²) >= 11 is 1.42. The molecule has 6 heteroatoms. The van der Waals surface area contributed by atoms with E-state index in [0.717, 1.165) is 5.56 Å². The summed E-state index contributed by atoms with van der Waals surface area (Å²) < 4.78 is 4.57. The minimum Gasteiger partial charge on any atom is -0.469 e. The number of benzene rings is 1. The zero-order valence-corrected chi connectivity index (χ0v) is 11.8. The highest BCUT2D eigenvalue weighted by atomic mass is 32.2. The van der Waals surface area contributed by atoms with Crippen molar-refractivity contribution in [1.82, 2.24) is 9.97 Å². The molecule has 104 valence electrons. The average molecular weight is 290 g/mol. The normalized spacial score (nSPS) is 10.2. The van der Waals surface area contributed by atoms with Gasteiger partial charge in [-0.1, -0.05) is 42.1 Å². The van der Waals surface area contributed by atoms with Crippen LogP contribution in [0.3, 0.4) is 0 Å². The average Bonchev–Trinajstić information content (AvgIpc) is 2.45. The second-order valence-electron chi connectivity index (χ2n) is 4.07. The maximum atomic E-state index is 11.5. The van der Waals surface area contributed by atoms with Crippen molar-refractivity contribution in [2.24, 2.45) is 0 Å². The summed E-state index contributed by atoms with van der Waals surface area (Å²) in [5.41, 5.74) is 1.28. The summed E-state index contributed by atoms with van der Waals surface area (Å²) in [6.45, 7) is 0. The van der Waals surface area contributed by atoms with Gasteiger partial charge in [0.05, 0.1) is 19.2 Å². The molecular weight excluding hydrogens is 276 g/mol. The Morgan fingerprint density at radius 3 is 2.80 bits per heavy atom. The number of ether oxygens (including phenoxy) is 1. The number of carbonyl (C=O) groups is 1. The van der Waals surface area contributed by atoms with E-state index in [1.807, 2.05) is 30.3 Å². The van der Waals surface area contributed by atoms with Gasteiger partial charge >= 0.3 is 5.97 Å². The first kappa shape index (κ1) is 14.3. The third kappa shape index (κ3) is 4.24. The molecule has 0 spiro atoms. The summed E-state index contributed by atoms with van der Waals surface area (Å²) in [5, 5.41) is 0.500. The van der Waals surface area contributed by atoms with E-state index in [0.29, 0.717) is 16.6 Å². The Morgan fingerprint density at radius 2 is 2.10 bits per heavy atom. The fourth-order valence-electron chi connectivity index (χ4n) is 1.59. The third-order valence-electron chi connectivity index (χ3n) is 2.54. The number of aromatic nitrogens is 2. The standard InChI is InChI=1S/C14H14N2O3S/c1-19-13(18)8-11-7-12(17)16-14(15-11)20-9-10-5-3-2-4-6-10/h2-7H,8-9H2,1H3,(H,15,16,17). The van der Waals surface area contributed by atoms with Gasteiger partial charge in [-0.3, -0.25) is 9.59 Å². The zero-order chi connectivity index (χ0) is 14.4. The number of H-pyrrole nitrogens is 1. The SMILES string of the molecule is COC(=O)Cc1cc(=O)[nH]c(SCc2ccccc2)n1. The summed E-state index contributed by atoms with van der Waals surface area (Å²) in [6, 6.07) is 11.2. The predicted octanol–water partition coefficient (Wildman–Crippen LogP) is 1.78. The number of methoxy groups -OCH3 is 1. The molecule has 0 atom stereocenters. The number of hydrogen-bond donors (Lipinski definition) is 1. The second kappa shape index (κ2) is 6.91. The fourth-order valence-corrected chi connectivity index (χ4v) is 2.44. The molecule has 0 saturated heterocycles. The van der Waals surface area contributed by atoms with Crippen LogP contribution in [0.5, 0.6) is 0 Å². The van der Waals surface area contributed by atoms with Crippen molar-refractivity contribution in [2.45, 2.75) is 17.3 Å². The molecule has 0 aliphatic carbocycles. The Bertz CT molecular complexity index is 640. The van der Waals surface area contributed by atoms with Gasteiger partial charge in [-0.25, -0.2) is 4.98 Å². The summed E-state index contributed by atoms with van der Waals surface area (Å²) in [6.07, 6.45) is -0.000678. The molecule has 1 aromatic heterocycles. The van der Waals surface area contributed by atoms with Crippen LogP contribution in [0, 0.1) is 0 Å². The van der Waals surface area contributed by atoms with Crippen molar-refractivity contribution >= 4 is 17.7 Å². The summed E-state index contributed by atoms with van der Waals surface area (Å²) in [4.78, 5) is 29.6. The first-order valence-electron chi connectivity index (χ1n) is 6.01. The first-order chi connectivity index (χ1) is 9.67. The maximum Gasteiger partial charge on any atom is 0.311 e. The van der Waals surface area contributed by atoms with Crippen LogP contribution in [0.4, 0.5) is 0 Å². The van der Waals surface area contributed by atoms with Crippen LogP contribution in [-0.2, 0) is 21.7 Å². The van der Waals surface area contributed by atoms with Crippen molar-refractivity contribution in [3.05, 3.63) is 58.0 Å². The van der Waals surface area contributed by atoms with Gasteiger partial charge in [0.15, 0.2) is 5.16 Å². The summed E-state index contributed by atoms with van der Waals surface area (Å²) in [7, 11) is 1.31. The highest BCUT2D eigenvalue weighted by molar-refractivity contribution is 7.98. The molecule has 0 amide bonds.